The van der Waals surface area contributed by atoms with E-state index in [1.165, 1.54) is 0 Å². The van der Waals surface area contributed by atoms with Gasteiger partial charge >= 0.3 is 5.97 Å². The van der Waals surface area contributed by atoms with Crippen LogP contribution in [0.15, 0.2) is 104 Å². The van der Waals surface area contributed by atoms with E-state index in [0.717, 1.165) is 28.9 Å². The number of hydrogen-bond acceptors (Lipinski definition) is 6. The van der Waals surface area contributed by atoms with Crippen molar-refractivity contribution in [2.24, 2.45) is 0 Å². The van der Waals surface area contributed by atoms with Crippen molar-refractivity contribution in [1.82, 2.24) is 20.6 Å². The van der Waals surface area contributed by atoms with E-state index in [9.17, 15) is 19.5 Å². The molecule has 0 aliphatic heterocycles. The largest absolute Gasteiger partial charge is 0.481 e. The van der Waals surface area contributed by atoms with Crippen LogP contribution in [0.25, 0.3) is 11.1 Å². The minimum Gasteiger partial charge on any atom is -0.481 e. The summed E-state index contributed by atoms with van der Waals surface area (Å²) < 4.78 is 0. The number of aliphatic carboxylic acids is 1. The molecule has 2 amide bonds. The van der Waals surface area contributed by atoms with Gasteiger partial charge in [0.25, 0.3) is 0 Å². The molecule has 0 aliphatic carbocycles. The first-order valence-electron chi connectivity index (χ1n) is 14.0. The maximum Gasteiger partial charge on any atom is 0.305 e. The highest BCUT2D eigenvalue weighted by atomic mass is 16.4. The van der Waals surface area contributed by atoms with E-state index in [1.54, 1.807) is 30.7 Å². The Labute approximate surface area is 245 Å². The Morgan fingerprint density at radius 1 is 0.762 bits per heavy atom. The van der Waals surface area contributed by atoms with Crippen molar-refractivity contribution in [2.45, 2.75) is 44.2 Å². The number of carboxylic acids is 1. The Hall–Kier alpha value is -5.05. The minimum absolute atomic E-state index is 0.244. The summed E-state index contributed by atoms with van der Waals surface area (Å²) in [6.45, 7) is 0.672. The zero-order valence-electron chi connectivity index (χ0n) is 23.3. The Balaban J connectivity index is 1.39. The van der Waals surface area contributed by atoms with Gasteiger partial charge in [-0.3, -0.25) is 19.4 Å². The molecule has 9 nitrogen and oxygen atoms in total. The number of carbonyl (C=O) groups is 3. The molecule has 2 aromatic heterocycles. The van der Waals surface area contributed by atoms with Crippen molar-refractivity contribution in [3.8, 4) is 11.1 Å². The lowest BCUT2D eigenvalue weighted by Gasteiger charge is -2.23. The summed E-state index contributed by atoms with van der Waals surface area (Å²) in [4.78, 5) is 46.3. The highest BCUT2D eigenvalue weighted by Crippen LogP contribution is 2.24. The fourth-order valence-electron chi connectivity index (χ4n) is 4.56. The molecule has 0 spiro atoms. The number of carbonyl (C=O) groups excluding carboxylic acids is 2. The lowest BCUT2D eigenvalue weighted by molar-refractivity contribution is -0.138. The molecule has 42 heavy (non-hydrogen) atoms. The maximum atomic E-state index is 13.5. The summed E-state index contributed by atoms with van der Waals surface area (Å²) in [5.41, 5.74) is 3.51. The topological polar surface area (TPSA) is 133 Å². The summed E-state index contributed by atoms with van der Waals surface area (Å²) in [5, 5.41) is 18.5. The summed E-state index contributed by atoms with van der Waals surface area (Å²) in [7, 11) is 0. The van der Waals surface area contributed by atoms with Crippen LogP contribution in [-0.4, -0.2) is 45.4 Å². The van der Waals surface area contributed by atoms with E-state index < -0.39 is 24.0 Å². The van der Waals surface area contributed by atoms with Crippen LogP contribution < -0.4 is 16.0 Å². The lowest BCUT2D eigenvalue weighted by atomic mass is 9.98. The van der Waals surface area contributed by atoms with E-state index in [4.69, 9.17) is 0 Å². The minimum atomic E-state index is -1.04. The summed E-state index contributed by atoms with van der Waals surface area (Å²) in [6.07, 6.45) is 6.55. The molecule has 1 unspecified atom stereocenters. The number of carboxylic acid groups (broad SMARTS) is 1. The molecule has 0 saturated heterocycles. The van der Waals surface area contributed by atoms with Gasteiger partial charge in [0, 0.05) is 38.0 Å². The van der Waals surface area contributed by atoms with Gasteiger partial charge in [-0.1, -0.05) is 60.7 Å². The van der Waals surface area contributed by atoms with E-state index in [0.29, 0.717) is 18.5 Å². The number of amides is 2. The van der Waals surface area contributed by atoms with Crippen molar-refractivity contribution in [1.29, 1.82) is 0 Å². The van der Waals surface area contributed by atoms with Crippen LogP contribution in [0.3, 0.4) is 0 Å². The Morgan fingerprint density at radius 3 is 2.17 bits per heavy atom. The number of aromatic nitrogens is 2. The third-order valence-electron chi connectivity index (χ3n) is 6.76. The van der Waals surface area contributed by atoms with Crippen molar-refractivity contribution in [2.75, 3.05) is 11.9 Å². The Morgan fingerprint density at radius 2 is 1.48 bits per heavy atom. The predicted octanol–water partition coefficient (Wildman–Crippen LogP) is 4.79. The maximum absolute atomic E-state index is 13.5. The molecular weight excluding hydrogens is 530 g/mol. The van der Waals surface area contributed by atoms with Gasteiger partial charge in [-0.2, -0.15) is 0 Å². The molecule has 4 N–H and O–H groups in total. The monoisotopic (exact) mass is 565 g/mol. The van der Waals surface area contributed by atoms with Gasteiger partial charge in [0.2, 0.25) is 11.8 Å². The Bertz CT molecular complexity index is 1420. The molecule has 4 rings (SSSR count). The van der Waals surface area contributed by atoms with Crippen LogP contribution in [0.4, 0.5) is 5.82 Å². The number of unbranched alkanes of at least 4 members (excludes halogenated alkanes) is 1. The van der Waals surface area contributed by atoms with E-state index in [-0.39, 0.29) is 25.2 Å². The zero-order chi connectivity index (χ0) is 29.6. The average molecular weight is 566 g/mol. The van der Waals surface area contributed by atoms with Crippen LogP contribution in [0.5, 0.6) is 0 Å². The van der Waals surface area contributed by atoms with Crippen molar-refractivity contribution in [3.63, 3.8) is 0 Å². The molecule has 0 aliphatic rings. The van der Waals surface area contributed by atoms with Crippen LogP contribution in [-0.2, 0) is 20.8 Å². The fraction of sp³-hybridized carbons (Fsp3) is 0.242. The number of nitrogens with zero attached hydrogens (tertiary/aromatic N) is 2. The molecule has 9 heteroatoms. The van der Waals surface area contributed by atoms with Crippen LogP contribution in [0.1, 0.15) is 42.9 Å². The third-order valence-corrected chi connectivity index (χ3v) is 6.76. The number of rotatable bonds is 15. The second-order valence-electron chi connectivity index (χ2n) is 9.93. The van der Waals surface area contributed by atoms with Gasteiger partial charge in [0.05, 0.1) is 12.5 Å². The lowest BCUT2D eigenvalue weighted by Crippen LogP contribution is -2.49. The second kappa shape index (κ2) is 15.7. The van der Waals surface area contributed by atoms with Gasteiger partial charge < -0.3 is 21.1 Å². The number of pyridine rings is 2. The Kier molecular flexibility index (Phi) is 11.2. The molecule has 0 saturated carbocycles. The van der Waals surface area contributed by atoms with Gasteiger partial charge in [-0.05, 0) is 59.4 Å². The molecule has 0 fully saturated rings. The van der Waals surface area contributed by atoms with Gasteiger partial charge in [0.1, 0.15) is 11.9 Å². The van der Waals surface area contributed by atoms with Crippen LogP contribution in [0.2, 0.25) is 0 Å². The van der Waals surface area contributed by atoms with Gasteiger partial charge in [0.15, 0.2) is 0 Å². The smallest absolute Gasteiger partial charge is 0.305 e. The van der Waals surface area contributed by atoms with Crippen molar-refractivity contribution in [3.05, 3.63) is 115 Å². The normalized spacial score (nSPS) is 12.1. The first-order valence-corrected chi connectivity index (χ1v) is 14.0. The highest BCUT2D eigenvalue weighted by Gasteiger charge is 2.26. The first-order chi connectivity index (χ1) is 20.5. The number of nitrogens with one attached hydrogen (secondary N) is 3. The van der Waals surface area contributed by atoms with Gasteiger partial charge in [-0.25, -0.2) is 4.98 Å². The molecule has 2 heterocycles. The average Bonchev–Trinajstić information content (AvgIpc) is 3.01. The molecule has 4 aromatic rings. The van der Waals surface area contributed by atoms with Crippen molar-refractivity contribution >= 4 is 23.6 Å². The van der Waals surface area contributed by atoms with E-state index in [1.807, 2.05) is 72.8 Å². The third kappa shape index (κ3) is 9.55. The zero-order valence-corrected chi connectivity index (χ0v) is 23.3. The predicted molar refractivity (Wildman–Crippen MR) is 161 cm³/mol. The molecular formula is C33H35N5O4. The van der Waals surface area contributed by atoms with Gasteiger partial charge in [-0.15, -0.1) is 0 Å². The molecule has 216 valence electrons. The summed E-state index contributed by atoms with van der Waals surface area (Å²) in [6, 6.07) is 24.8. The van der Waals surface area contributed by atoms with Crippen LogP contribution >= 0.6 is 0 Å². The second-order valence-corrected chi connectivity index (χ2v) is 9.93. The first kappa shape index (κ1) is 29.9. The number of anilines is 1. The molecule has 0 radical (unpaired) electrons. The molecule has 2 atom stereocenters. The quantitative estimate of drug-likeness (QED) is 0.152. The summed E-state index contributed by atoms with van der Waals surface area (Å²) >= 11 is 0. The number of hydrogen-bond donors (Lipinski definition) is 4. The highest BCUT2D eigenvalue weighted by molar-refractivity contribution is 5.88. The van der Waals surface area contributed by atoms with E-state index in [2.05, 4.69) is 25.9 Å². The standard InChI is InChI=1S/C33H35N5O4/c39-31(11-5-7-19-36-30-10-4-6-18-35-30)37-29(22-24-16-20-34-21-17-24)33(42)38-28(23-32(40)41)27-14-12-26(13-15-27)25-8-2-1-3-9-25/h1-4,6,8-10,12-18,20-21,28-29H,5,7,11,19,22-23H2,(H,35,36)(H,37,39)(H,38,42)(H,40,41)/t28?,29-/m1/s1. The van der Waals surface area contributed by atoms with E-state index >= 15 is 0 Å². The molecule has 2 aromatic carbocycles. The summed E-state index contributed by atoms with van der Waals surface area (Å²) in [5.74, 6) is -0.956. The fourth-order valence-corrected chi connectivity index (χ4v) is 4.56. The van der Waals surface area contributed by atoms with Crippen molar-refractivity contribution < 1.29 is 19.5 Å². The number of benzene rings is 2. The SMILES string of the molecule is O=C(O)CC(NC(=O)[C@@H](Cc1ccncc1)NC(=O)CCCCNc1ccccn1)c1ccc(-c2ccccc2)cc1. The molecule has 0 bridgehead atoms. The van der Waals surface area contributed by atoms with Crippen LogP contribution in [0, 0.1) is 0 Å².